The number of ether oxygens (including phenoxy) is 3. The number of nitrogens with one attached hydrogen (secondary N) is 2. The Bertz CT molecular complexity index is 808. The predicted molar refractivity (Wildman–Crippen MR) is 109 cm³/mol. The summed E-state index contributed by atoms with van der Waals surface area (Å²) in [4.78, 5) is 23.9. The lowest BCUT2D eigenvalue weighted by Gasteiger charge is -2.17. The molecule has 0 aliphatic carbocycles. The number of benzene rings is 2. The zero-order chi connectivity index (χ0) is 20.5. The van der Waals surface area contributed by atoms with Crippen molar-refractivity contribution in [2.45, 2.75) is 27.7 Å². The van der Waals surface area contributed by atoms with E-state index in [1.807, 2.05) is 20.8 Å². The third-order valence-electron chi connectivity index (χ3n) is 3.69. The minimum absolute atomic E-state index is 0.0710. The summed E-state index contributed by atoms with van der Waals surface area (Å²) in [6.07, 6.45) is 0. The number of urea groups is 1. The Kier molecular flexibility index (Phi) is 7.68. The molecular formula is C21H26N2O5. The highest BCUT2D eigenvalue weighted by Gasteiger charge is 2.16. The Balaban J connectivity index is 2.23. The molecule has 0 aliphatic rings. The first kappa shape index (κ1) is 21.1. The second-order valence-electron chi connectivity index (χ2n) is 5.82. The molecule has 0 spiro atoms. The zero-order valence-electron chi connectivity index (χ0n) is 16.6. The maximum absolute atomic E-state index is 12.4. The lowest BCUT2D eigenvalue weighted by Crippen LogP contribution is -2.19. The van der Waals surface area contributed by atoms with Gasteiger partial charge < -0.3 is 24.8 Å². The SMILES string of the molecule is CCOc1cc(NC(=O)Nc2cccc(C(C)=O)c2)cc(OCC)c1OCC. The maximum Gasteiger partial charge on any atom is 0.323 e. The van der Waals surface area contributed by atoms with Gasteiger partial charge in [0, 0.05) is 23.4 Å². The van der Waals surface area contributed by atoms with Crippen LogP contribution in [0.1, 0.15) is 38.1 Å². The molecule has 0 radical (unpaired) electrons. The van der Waals surface area contributed by atoms with Crippen molar-refractivity contribution in [2.24, 2.45) is 0 Å². The van der Waals surface area contributed by atoms with E-state index in [1.54, 1.807) is 36.4 Å². The number of hydrogen-bond donors (Lipinski definition) is 2. The molecule has 150 valence electrons. The molecule has 2 rings (SSSR count). The molecular weight excluding hydrogens is 360 g/mol. The van der Waals surface area contributed by atoms with E-state index in [0.29, 0.717) is 54.0 Å². The highest BCUT2D eigenvalue weighted by molar-refractivity contribution is 6.01. The Hall–Kier alpha value is -3.22. The molecule has 0 aromatic heterocycles. The Morgan fingerprint density at radius 3 is 1.93 bits per heavy atom. The van der Waals surface area contributed by atoms with Crippen molar-refractivity contribution in [1.29, 1.82) is 0 Å². The van der Waals surface area contributed by atoms with Crippen molar-refractivity contribution in [1.82, 2.24) is 0 Å². The number of hydrogen-bond acceptors (Lipinski definition) is 5. The van der Waals surface area contributed by atoms with E-state index in [9.17, 15) is 9.59 Å². The van der Waals surface area contributed by atoms with E-state index in [-0.39, 0.29) is 5.78 Å². The van der Waals surface area contributed by atoms with Crippen LogP contribution in [-0.2, 0) is 0 Å². The number of carbonyl (C=O) groups is 2. The van der Waals surface area contributed by atoms with Gasteiger partial charge in [-0.1, -0.05) is 12.1 Å². The quantitative estimate of drug-likeness (QED) is 0.609. The molecule has 28 heavy (non-hydrogen) atoms. The van der Waals surface area contributed by atoms with Crippen molar-refractivity contribution in [2.75, 3.05) is 30.5 Å². The molecule has 2 aromatic carbocycles. The predicted octanol–water partition coefficient (Wildman–Crippen LogP) is 4.73. The number of amides is 2. The average Bonchev–Trinajstić information content (AvgIpc) is 2.65. The summed E-state index contributed by atoms with van der Waals surface area (Å²) in [5, 5.41) is 5.47. The van der Waals surface area contributed by atoms with E-state index in [1.165, 1.54) is 6.92 Å². The molecule has 0 atom stereocenters. The van der Waals surface area contributed by atoms with Gasteiger partial charge >= 0.3 is 6.03 Å². The fraction of sp³-hybridized carbons (Fsp3) is 0.333. The number of ketones is 1. The first-order valence-electron chi connectivity index (χ1n) is 9.23. The molecule has 0 aliphatic heterocycles. The fourth-order valence-electron chi connectivity index (χ4n) is 2.57. The summed E-state index contributed by atoms with van der Waals surface area (Å²) in [6, 6.07) is 9.66. The smallest absolute Gasteiger partial charge is 0.323 e. The van der Waals surface area contributed by atoms with Gasteiger partial charge in [-0.2, -0.15) is 0 Å². The zero-order valence-corrected chi connectivity index (χ0v) is 16.6. The highest BCUT2D eigenvalue weighted by atomic mass is 16.5. The number of anilines is 2. The molecule has 0 fully saturated rings. The first-order valence-corrected chi connectivity index (χ1v) is 9.23. The summed E-state index contributed by atoms with van der Waals surface area (Å²) in [7, 11) is 0. The van der Waals surface area contributed by atoms with Crippen LogP contribution in [0.5, 0.6) is 17.2 Å². The van der Waals surface area contributed by atoms with Crippen LogP contribution >= 0.6 is 0 Å². The Morgan fingerprint density at radius 2 is 1.39 bits per heavy atom. The van der Waals surface area contributed by atoms with Gasteiger partial charge in [0.15, 0.2) is 17.3 Å². The van der Waals surface area contributed by atoms with Gasteiger partial charge in [-0.15, -0.1) is 0 Å². The highest BCUT2D eigenvalue weighted by Crippen LogP contribution is 2.40. The van der Waals surface area contributed by atoms with Crippen LogP contribution in [0.2, 0.25) is 0 Å². The van der Waals surface area contributed by atoms with Gasteiger partial charge in [0.1, 0.15) is 0 Å². The number of rotatable bonds is 9. The lowest BCUT2D eigenvalue weighted by atomic mass is 10.1. The number of Topliss-reactive ketones (excluding diaryl/α,β-unsaturated/α-hetero) is 1. The molecule has 2 aromatic rings. The molecule has 7 heteroatoms. The van der Waals surface area contributed by atoms with E-state index >= 15 is 0 Å². The van der Waals surface area contributed by atoms with Gasteiger partial charge in [0.2, 0.25) is 5.75 Å². The molecule has 7 nitrogen and oxygen atoms in total. The summed E-state index contributed by atoms with van der Waals surface area (Å²) >= 11 is 0. The van der Waals surface area contributed by atoms with E-state index in [2.05, 4.69) is 10.6 Å². The molecule has 0 saturated carbocycles. The van der Waals surface area contributed by atoms with Crippen LogP contribution in [0, 0.1) is 0 Å². The van der Waals surface area contributed by atoms with Gasteiger partial charge in [-0.05, 0) is 39.8 Å². The third-order valence-corrected chi connectivity index (χ3v) is 3.69. The standard InChI is InChI=1S/C21H26N2O5/c1-5-26-18-12-17(13-19(27-6-2)20(18)28-7-3)23-21(25)22-16-10-8-9-15(11-16)14(4)24/h8-13H,5-7H2,1-4H3,(H2,22,23,25). The molecule has 0 bridgehead atoms. The van der Waals surface area contributed by atoms with E-state index in [4.69, 9.17) is 14.2 Å². The van der Waals surface area contributed by atoms with E-state index in [0.717, 1.165) is 0 Å². The molecule has 2 N–H and O–H groups in total. The molecule has 0 heterocycles. The van der Waals surface area contributed by atoms with Crippen molar-refractivity contribution in [3.63, 3.8) is 0 Å². The second kappa shape index (κ2) is 10.2. The topological polar surface area (TPSA) is 85.9 Å². The van der Waals surface area contributed by atoms with Crippen LogP contribution in [0.15, 0.2) is 36.4 Å². The van der Waals surface area contributed by atoms with Gasteiger partial charge in [0.25, 0.3) is 0 Å². The second-order valence-corrected chi connectivity index (χ2v) is 5.82. The third kappa shape index (κ3) is 5.64. The minimum atomic E-state index is -0.449. The van der Waals surface area contributed by atoms with Gasteiger partial charge in [-0.3, -0.25) is 4.79 Å². The van der Waals surface area contributed by atoms with Crippen molar-refractivity contribution in [3.05, 3.63) is 42.0 Å². The van der Waals surface area contributed by atoms with Crippen molar-refractivity contribution in [3.8, 4) is 17.2 Å². The normalized spacial score (nSPS) is 10.1. The van der Waals surface area contributed by atoms with Gasteiger partial charge in [0.05, 0.1) is 25.5 Å². The van der Waals surface area contributed by atoms with Crippen LogP contribution < -0.4 is 24.8 Å². The minimum Gasteiger partial charge on any atom is -0.490 e. The van der Waals surface area contributed by atoms with E-state index < -0.39 is 6.03 Å². The Morgan fingerprint density at radius 1 is 0.821 bits per heavy atom. The summed E-state index contributed by atoms with van der Waals surface area (Å²) in [5.74, 6) is 1.41. The summed E-state index contributed by atoms with van der Waals surface area (Å²) in [5.41, 5.74) is 1.54. The molecule has 0 unspecified atom stereocenters. The van der Waals surface area contributed by atoms with Gasteiger partial charge in [-0.25, -0.2) is 4.79 Å². The summed E-state index contributed by atoms with van der Waals surface area (Å²) < 4.78 is 16.9. The largest absolute Gasteiger partial charge is 0.490 e. The Labute approximate surface area is 165 Å². The molecule has 2 amide bonds. The number of carbonyl (C=O) groups excluding carboxylic acids is 2. The van der Waals surface area contributed by atoms with Crippen molar-refractivity contribution >= 4 is 23.2 Å². The van der Waals surface area contributed by atoms with Crippen LogP contribution in [-0.4, -0.2) is 31.6 Å². The monoisotopic (exact) mass is 386 g/mol. The van der Waals surface area contributed by atoms with Crippen LogP contribution in [0.4, 0.5) is 16.2 Å². The molecule has 0 saturated heterocycles. The van der Waals surface area contributed by atoms with Crippen LogP contribution in [0.3, 0.4) is 0 Å². The fourth-order valence-corrected chi connectivity index (χ4v) is 2.57. The lowest BCUT2D eigenvalue weighted by molar-refractivity contribution is 0.101. The van der Waals surface area contributed by atoms with Crippen LogP contribution in [0.25, 0.3) is 0 Å². The van der Waals surface area contributed by atoms with Crippen molar-refractivity contribution < 1.29 is 23.8 Å². The summed E-state index contributed by atoms with van der Waals surface area (Å²) in [6.45, 7) is 8.43. The average molecular weight is 386 g/mol. The first-order chi connectivity index (χ1) is 13.5. The maximum atomic E-state index is 12.4.